The zero-order chi connectivity index (χ0) is 18.7. The summed E-state index contributed by atoms with van der Waals surface area (Å²) in [5.74, 6) is -0.0542. The third kappa shape index (κ3) is 3.89. The van der Waals surface area contributed by atoms with E-state index in [9.17, 15) is 13.2 Å². The van der Waals surface area contributed by atoms with Gasteiger partial charge in [-0.15, -0.1) is 0 Å². The highest BCUT2D eigenvalue weighted by molar-refractivity contribution is 7.89. The molecule has 134 valence electrons. The highest BCUT2D eigenvalue weighted by Crippen LogP contribution is 2.21. The van der Waals surface area contributed by atoms with Crippen molar-refractivity contribution in [2.24, 2.45) is 0 Å². The summed E-state index contributed by atoms with van der Waals surface area (Å²) in [6.07, 6.45) is 0. The number of fused-ring (bicyclic) bond motifs is 1. The van der Waals surface area contributed by atoms with Crippen LogP contribution in [0.4, 0.5) is 5.82 Å². The second kappa shape index (κ2) is 7.23. The maximum atomic E-state index is 12.7. The van der Waals surface area contributed by atoms with Crippen molar-refractivity contribution in [2.45, 2.75) is 11.8 Å². The molecule has 0 radical (unpaired) electrons. The van der Waals surface area contributed by atoms with Crippen LogP contribution < -0.4 is 5.32 Å². The van der Waals surface area contributed by atoms with Crippen LogP contribution in [0.1, 0.15) is 5.69 Å². The van der Waals surface area contributed by atoms with Crippen LogP contribution in [0.5, 0.6) is 0 Å². The number of likely N-dealkylation sites (N-methyl/N-ethyl adjacent to an activating group) is 1. The van der Waals surface area contributed by atoms with Crippen molar-refractivity contribution in [1.82, 2.24) is 9.29 Å². The third-order valence-corrected chi connectivity index (χ3v) is 5.75. The Balaban J connectivity index is 1.76. The number of aryl methyl sites for hydroxylation is 1. The van der Waals surface area contributed by atoms with Gasteiger partial charge in [-0.05, 0) is 42.0 Å². The first-order chi connectivity index (χ1) is 12.4. The number of nitrogens with one attached hydrogen (secondary N) is 1. The van der Waals surface area contributed by atoms with Crippen LogP contribution in [-0.4, -0.2) is 37.2 Å². The van der Waals surface area contributed by atoms with E-state index in [2.05, 4.69) is 10.3 Å². The van der Waals surface area contributed by atoms with Crippen LogP contribution in [0.3, 0.4) is 0 Å². The topological polar surface area (TPSA) is 79.4 Å². The number of carbonyl (C=O) groups is 1. The van der Waals surface area contributed by atoms with Gasteiger partial charge in [-0.2, -0.15) is 4.31 Å². The molecule has 0 saturated heterocycles. The van der Waals surface area contributed by atoms with Crippen molar-refractivity contribution in [3.63, 3.8) is 0 Å². The van der Waals surface area contributed by atoms with Gasteiger partial charge >= 0.3 is 0 Å². The number of rotatable bonds is 5. The summed E-state index contributed by atoms with van der Waals surface area (Å²) in [4.78, 5) is 16.5. The maximum Gasteiger partial charge on any atom is 0.243 e. The Bertz CT molecular complexity index is 1060. The van der Waals surface area contributed by atoms with Gasteiger partial charge in [0.25, 0.3) is 0 Å². The van der Waals surface area contributed by atoms with Crippen LogP contribution in [-0.2, 0) is 14.8 Å². The molecule has 0 fully saturated rings. The first-order valence-corrected chi connectivity index (χ1v) is 9.49. The Morgan fingerprint density at radius 2 is 1.77 bits per heavy atom. The van der Waals surface area contributed by atoms with Crippen molar-refractivity contribution >= 4 is 32.5 Å². The van der Waals surface area contributed by atoms with Gasteiger partial charge in [0.05, 0.1) is 11.4 Å². The van der Waals surface area contributed by atoms with Crippen LogP contribution in [0, 0.1) is 6.92 Å². The summed E-state index contributed by atoms with van der Waals surface area (Å²) in [6.45, 7) is 1.51. The molecule has 1 heterocycles. The molecular formula is C19H19N3O3S. The fourth-order valence-corrected chi connectivity index (χ4v) is 3.75. The van der Waals surface area contributed by atoms with Crippen LogP contribution in [0.2, 0.25) is 0 Å². The predicted molar refractivity (Wildman–Crippen MR) is 101 cm³/mol. The minimum absolute atomic E-state index is 0.153. The average Bonchev–Trinajstić information content (AvgIpc) is 2.61. The fraction of sp³-hybridized carbons (Fsp3) is 0.158. The average molecular weight is 369 g/mol. The molecule has 6 nitrogen and oxygen atoms in total. The molecule has 0 aliphatic rings. The van der Waals surface area contributed by atoms with E-state index < -0.39 is 15.9 Å². The molecule has 1 N–H and O–H groups in total. The Morgan fingerprint density at radius 3 is 2.50 bits per heavy atom. The van der Waals surface area contributed by atoms with Gasteiger partial charge in [-0.1, -0.05) is 36.4 Å². The molecule has 0 spiro atoms. The zero-order valence-electron chi connectivity index (χ0n) is 14.5. The van der Waals surface area contributed by atoms with Crippen molar-refractivity contribution in [1.29, 1.82) is 0 Å². The normalized spacial score (nSPS) is 11.7. The largest absolute Gasteiger partial charge is 0.310 e. The lowest BCUT2D eigenvalue weighted by Gasteiger charge is -2.17. The number of sulfonamides is 1. The lowest BCUT2D eigenvalue weighted by molar-refractivity contribution is -0.116. The second-order valence-corrected chi connectivity index (χ2v) is 8.03. The van der Waals surface area contributed by atoms with Gasteiger partial charge in [0, 0.05) is 12.7 Å². The monoisotopic (exact) mass is 369 g/mol. The van der Waals surface area contributed by atoms with E-state index >= 15 is 0 Å². The smallest absolute Gasteiger partial charge is 0.243 e. The standard InChI is InChI=1S/C19H19N3O3S/c1-14-6-5-9-18(20-14)21-19(23)13-22(2)26(24,25)17-11-10-15-7-3-4-8-16(15)12-17/h3-12H,13H2,1-2H3,(H,20,21,23). The van der Waals surface area contributed by atoms with Gasteiger partial charge in [0.1, 0.15) is 5.82 Å². The summed E-state index contributed by atoms with van der Waals surface area (Å²) in [7, 11) is -2.39. The molecule has 0 aliphatic carbocycles. The summed E-state index contributed by atoms with van der Waals surface area (Å²) >= 11 is 0. The van der Waals surface area contributed by atoms with Crippen LogP contribution in [0.15, 0.2) is 65.6 Å². The van der Waals surface area contributed by atoms with Crippen LogP contribution in [0.25, 0.3) is 10.8 Å². The van der Waals surface area contributed by atoms with Crippen molar-refractivity contribution < 1.29 is 13.2 Å². The second-order valence-electron chi connectivity index (χ2n) is 5.98. The molecule has 7 heteroatoms. The first kappa shape index (κ1) is 18.0. The quantitative estimate of drug-likeness (QED) is 0.750. The zero-order valence-corrected chi connectivity index (χ0v) is 15.3. The highest BCUT2D eigenvalue weighted by atomic mass is 32.2. The summed E-state index contributed by atoms with van der Waals surface area (Å²) in [6, 6.07) is 17.7. The van der Waals surface area contributed by atoms with E-state index in [1.54, 1.807) is 30.3 Å². The summed E-state index contributed by atoms with van der Waals surface area (Å²) < 4.78 is 26.5. The number of carbonyl (C=O) groups excluding carboxylic acids is 1. The van der Waals surface area contributed by atoms with Gasteiger partial charge in [0.2, 0.25) is 15.9 Å². The Kier molecular flexibility index (Phi) is 5.01. The molecule has 0 bridgehead atoms. The molecule has 26 heavy (non-hydrogen) atoms. The number of nitrogens with zero attached hydrogens (tertiary/aromatic N) is 2. The summed E-state index contributed by atoms with van der Waals surface area (Å²) in [5.41, 5.74) is 0.764. The maximum absolute atomic E-state index is 12.7. The van der Waals surface area contributed by atoms with Gasteiger partial charge in [-0.25, -0.2) is 13.4 Å². The predicted octanol–water partition coefficient (Wildman–Crippen LogP) is 2.80. The molecule has 0 saturated carbocycles. The molecular weight excluding hydrogens is 350 g/mol. The number of anilines is 1. The first-order valence-electron chi connectivity index (χ1n) is 8.05. The molecule has 0 aliphatic heterocycles. The number of pyridine rings is 1. The molecule has 1 aromatic heterocycles. The number of amides is 1. The lowest BCUT2D eigenvalue weighted by atomic mass is 10.1. The number of aromatic nitrogens is 1. The van der Waals surface area contributed by atoms with E-state index in [4.69, 9.17) is 0 Å². The Morgan fingerprint density at radius 1 is 1.04 bits per heavy atom. The minimum atomic E-state index is -3.77. The van der Waals surface area contributed by atoms with Crippen molar-refractivity contribution in [3.8, 4) is 0 Å². The molecule has 3 rings (SSSR count). The van der Waals surface area contributed by atoms with Gasteiger partial charge in [0.15, 0.2) is 0 Å². The lowest BCUT2D eigenvalue weighted by Crippen LogP contribution is -2.35. The molecule has 0 unspecified atom stereocenters. The summed E-state index contributed by atoms with van der Waals surface area (Å²) in [5, 5.41) is 4.40. The van der Waals surface area contributed by atoms with E-state index in [0.29, 0.717) is 5.82 Å². The molecule has 0 atom stereocenters. The highest BCUT2D eigenvalue weighted by Gasteiger charge is 2.23. The SMILES string of the molecule is Cc1cccc(NC(=O)CN(C)S(=O)(=O)c2ccc3ccccc3c2)n1. The number of hydrogen-bond acceptors (Lipinski definition) is 4. The van der Waals surface area contributed by atoms with Crippen LogP contribution >= 0.6 is 0 Å². The Hall–Kier alpha value is -2.77. The minimum Gasteiger partial charge on any atom is -0.310 e. The molecule has 3 aromatic rings. The van der Waals surface area contributed by atoms with E-state index in [1.165, 1.54) is 7.05 Å². The molecule has 1 amide bonds. The van der Waals surface area contributed by atoms with E-state index in [-0.39, 0.29) is 11.4 Å². The number of benzene rings is 2. The van der Waals surface area contributed by atoms with Gasteiger partial charge in [-0.3, -0.25) is 4.79 Å². The van der Waals surface area contributed by atoms with Crippen molar-refractivity contribution in [2.75, 3.05) is 18.9 Å². The Labute approximate surface area is 152 Å². The van der Waals surface area contributed by atoms with E-state index in [1.807, 2.05) is 37.3 Å². The molecule has 2 aromatic carbocycles. The fourth-order valence-electron chi connectivity index (χ4n) is 2.59. The van der Waals surface area contributed by atoms with Gasteiger partial charge < -0.3 is 5.32 Å². The third-order valence-electron chi connectivity index (χ3n) is 3.95. The van der Waals surface area contributed by atoms with E-state index in [0.717, 1.165) is 20.8 Å². The van der Waals surface area contributed by atoms with Crippen molar-refractivity contribution in [3.05, 3.63) is 66.4 Å². The number of hydrogen-bond donors (Lipinski definition) is 1.